The van der Waals surface area contributed by atoms with Crippen LogP contribution < -0.4 is 19.5 Å². The first-order valence-electron chi connectivity index (χ1n) is 8.72. The van der Waals surface area contributed by atoms with E-state index in [0.29, 0.717) is 12.4 Å². The molecule has 1 aromatic carbocycles. The molecule has 0 aliphatic carbocycles. The Balaban J connectivity index is 1.92. The first-order valence-corrected chi connectivity index (χ1v) is 8.72. The van der Waals surface area contributed by atoms with E-state index in [4.69, 9.17) is 14.2 Å². The van der Waals surface area contributed by atoms with Gasteiger partial charge in [-0.3, -0.25) is 4.99 Å². The lowest BCUT2D eigenvalue weighted by molar-refractivity contribution is 0.354. The fourth-order valence-corrected chi connectivity index (χ4v) is 2.68. The molecule has 0 fully saturated rings. The molecule has 1 aromatic heterocycles. The first kappa shape index (κ1) is 20.4. The van der Waals surface area contributed by atoms with Gasteiger partial charge in [0.1, 0.15) is 0 Å². The van der Waals surface area contributed by atoms with Gasteiger partial charge in [-0.2, -0.15) is 0 Å². The number of pyridine rings is 1. The summed E-state index contributed by atoms with van der Waals surface area (Å²) < 4.78 is 15.8. The maximum atomic E-state index is 5.37. The Morgan fingerprint density at radius 3 is 2.48 bits per heavy atom. The van der Waals surface area contributed by atoms with Crippen molar-refractivity contribution in [2.24, 2.45) is 4.99 Å². The molecule has 0 saturated heterocycles. The maximum Gasteiger partial charge on any atom is 0.213 e. The zero-order valence-electron chi connectivity index (χ0n) is 16.7. The molecule has 2 rings (SSSR count). The van der Waals surface area contributed by atoms with Crippen LogP contribution in [0.3, 0.4) is 0 Å². The minimum Gasteiger partial charge on any atom is -0.493 e. The van der Waals surface area contributed by atoms with Gasteiger partial charge in [0.25, 0.3) is 0 Å². The normalized spacial score (nSPS) is 11.1. The Hall–Kier alpha value is -2.96. The second-order valence-corrected chi connectivity index (χ2v) is 5.97. The van der Waals surface area contributed by atoms with Gasteiger partial charge in [-0.1, -0.05) is 6.07 Å². The number of aliphatic imine (C=N–C) groups is 1. The van der Waals surface area contributed by atoms with E-state index in [9.17, 15) is 0 Å². The van der Waals surface area contributed by atoms with Gasteiger partial charge >= 0.3 is 0 Å². The van der Waals surface area contributed by atoms with Crippen molar-refractivity contribution >= 4 is 5.96 Å². The van der Waals surface area contributed by atoms with E-state index < -0.39 is 0 Å². The molecule has 7 heteroatoms. The molecule has 27 heavy (non-hydrogen) atoms. The van der Waals surface area contributed by atoms with E-state index in [1.165, 1.54) is 5.56 Å². The lowest BCUT2D eigenvalue weighted by atomic mass is 10.1. The van der Waals surface area contributed by atoms with E-state index in [0.717, 1.165) is 36.0 Å². The highest BCUT2D eigenvalue weighted by Gasteiger charge is 2.09. The van der Waals surface area contributed by atoms with Gasteiger partial charge in [0.2, 0.25) is 5.88 Å². The third-order valence-corrected chi connectivity index (χ3v) is 4.22. The van der Waals surface area contributed by atoms with E-state index >= 15 is 0 Å². The van der Waals surface area contributed by atoms with Crippen LogP contribution >= 0.6 is 0 Å². The Labute approximate surface area is 161 Å². The van der Waals surface area contributed by atoms with Crippen LogP contribution in [0.25, 0.3) is 0 Å². The highest BCUT2D eigenvalue weighted by molar-refractivity contribution is 5.79. The van der Waals surface area contributed by atoms with Crippen LogP contribution in [0.5, 0.6) is 17.4 Å². The second kappa shape index (κ2) is 10.3. The standard InChI is InChI=1S/C20H28N4O3/c1-21-20(23-14-16-8-10-22-19(13-16)27-5)24(2)11-9-15-6-7-17(25-3)18(12-15)26-4/h6-8,10,12-13H,9,11,14H2,1-5H3,(H,21,23). The summed E-state index contributed by atoms with van der Waals surface area (Å²) in [5, 5.41) is 3.36. The molecule has 7 nitrogen and oxygen atoms in total. The molecule has 0 unspecified atom stereocenters. The summed E-state index contributed by atoms with van der Waals surface area (Å²) in [4.78, 5) is 10.6. The smallest absolute Gasteiger partial charge is 0.213 e. The van der Waals surface area contributed by atoms with Gasteiger partial charge in [-0.25, -0.2) is 4.98 Å². The number of hydrogen-bond donors (Lipinski definition) is 1. The minimum absolute atomic E-state index is 0.603. The van der Waals surface area contributed by atoms with Crippen molar-refractivity contribution in [1.82, 2.24) is 15.2 Å². The Morgan fingerprint density at radius 1 is 1.04 bits per heavy atom. The molecular formula is C20H28N4O3. The average Bonchev–Trinajstić information content (AvgIpc) is 2.72. The number of likely N-dealkylation sites (N-methyl/N-ethyl adjacent to an activating group) is 1. The van der Waals surface area contributed by atoms with E-state index in [2.05, 4.69) is 26.3 Å². The number of hydrogen-bond acceptors (Lipinski definition) is 5. The van der Waals surface area contributed by atoms with E-state index in [-0.39, 0.29) is 0 Å². The molecule has 1 heterocycles. The lowest BCUT2D eigenvalue weighted by Crippen LogP contribution is -2.39. The van der Waals surface area contributed by atoms with Crippen molar-refractivity contribution in [3.05, 3.63) is 47.7 Å². The zero-order valence-corrected chi connectivity index (χ0v) is 16.7. The Kier molecular flexibility index (Phi) is 7.73. The van der Waals surface area contributed by atoms with Gasteiger partial charge in [-0.15, -0.1) is 0 Å². The quantitative estimate of drug-likeness (QED) is 0.567. The summed E-state index contributed by atoms with van der Waals surface area (Å²) >= 11 is 0. The summed E-state index contributed by atoms with van der Waals surface area (Å²) in [5.74, 6) is 2.91. The third-order valence-electron chi connectivity index (χ3n) is 4.22. The first-order chi connectivity index (χ1) is 13.1. The molecule has 0 aliphatic rings. The Bertz CT molecular complexity index is 765. The molecule has 1 N–H and O–H groups in total. The van der Waals surface area contributed by atoms with Crippen molar-refractivity contribution in [3.63, 3.8) is 0 Å². The van der Waals surface area contributed by atoms with Crippen LogP contribution in [0, 0.1) is 0 Å². The molecule has 0 amide bonds. The topological polar surface area (TPSA) is 68.2 Å². The van der Waals surface area contributed by atoms with E-state index in [1.54, 1.807) is 34.6 Å². The summed E-state index contributed by atoms with van der Waals surface area (Å²) in [5.41, 5.74) is 2.25. The molecule has 2 aromatic rings. The number of ether oxygens (including phenoxy) is 3. The number of nitrogens with one attached hydrogen (secondary N) is 1. The second-order valence-electron chi connectivity index (χ2n) is 5.97. The van der Waals surface area contributed by atoms with E-state index in [1.807, 2.05) is 31.3 Å². The molecular weight excluding hydrogens is 344 g/mol. The SMILES string of the molecule is CN=C(NCc1ccnc(OC)c1)N(C)CCc1ccc(OC)c(OC)c1. The zero-order chi connectivity index (χ0) is 19.6. The molecule has 0 bridgehead atoms. The summed E-state index contributed by atoms with van der Waals surface area (Å²) in [6, 6.07) is 9.84. The predicted octanol–water partition coefficient (Wildman–Crippen LogP) is 2.36. The van der Waals surface area contributed by atoms with Gasteiger partial charge in [-0.05, 0) is 35.7 Å². The van der Waals surface area contributed by atoms with Crippen LogP contribution in [-0.4, -0.2) is 57.8 Å². The average molecular weight is 372 g/mol. The Morgan fingerprint density at radius 2 is 1.81 bits per heavy atom. The van der Waals surface area contributed by atoms with Crippen molar-refractivity contribution in [1.29, 1.82) is 0 Å². The maximum absolute atomic E-state index is 5.37. The lowest BCUT2D eigenvalue weighted by Gasteiger charge is -2.22. The highest BCUT2D eigenvalue weighted by atomic mass is 16.5. The van der Waals surface area contributed by atoms with Crippen LogP contribution in [-0.2, 0) is 13.0 Å². The predicted molar refractivity (Wildman–Crippen MR) is 107 cm³/mol. The van der Waals surface area contributed by atoms with Crippen molar-refractivity contribution in [3.8, 4) is 17.4 Å². The number of rotatable bonds is 8. The van der Waals surface area contributed by atoms with Crippen LogP contribution in [0.1, 0.15) is 11.1 Å². The summed E-state index contributed by atoms with van der Waals surface area (Å²) in [7, 11) is 8.69. The number of benzene rings is 1. The molecule has 0 atom stereocenters. The van der Waals surface area contributed by atoms with Crippen LogP contribution in [0.2, 0.25) is 0 Å². The third kappa shape index (κ3) is 5.77. The highest BCUT2D eigenvalue weighted by Crippen LogP contribution is 2.27. The molecule has 0 spiro atoms. The fourth-order valence-electron chi connectivity index (χ4n) is 2.68. The van der Waals surface area contributed by atoms with Gasteiger partial charge in [0, 0.05) is 39.4 Å². The van der Waals surface area contributed by atoms with Crippen molar-refractivity contribution < 1.29 is 14.2 Å². The van der Waals surface area contributed by atoms with Gasteiger partial charge in [0.15, 0.2) is 17.5 Å². The van der Waals surface area contributed by atoms with Gasteiger partial charge in [0.05, 0.1) is 21.3 Å². The number of nitrogens with zero attached hydrogens (tertiary/aromatic N) is 3. The monoisotopic (exact) mass is 372 g/mol. The number of methoxy groups -OCH3 is 3. The summed E-state index contributed by atoms with van der Waals surface area (Å²) in [6.07, 6.45) is 2.60. The van der Waals surface area contributed by atoms with Crippen LogP contribution in [0.4, 0.5) is 0 Å². The molecule has 0 radical (unpaired) electrons. The van der Waals surface area contributed by atoms with Crippen molar-refractivity contribution in [2.45, 2.75) is 13.0 Å². The van der Waals surface area contributed by atoms with Crippen molar-refractivity contribution in [2.75, 3.05) is 42.0 Å². The van der Waals surface area contributed by atoms with Gasteiger partial charge < -0.3 is 24.4 Å². The largest absolute Gasteiger partial charge is 0.493 e. The fraction of sp³-hybridized carbons (Fsp3) is 0.400. The summed E-state index contributed by atoms with van der Waals surface area (Å²) in [6.45, 7) is 1.46. The minimum atomic E-state index is 0.603. The molecule has 146 valence electrons. The van der Waals surface area contributed by atoms with Crippen LogP contribution in [0.15, 0.2) is 41.5 Å². The number of guanidine groups is 1. The molecule has 0 saturated carbocycles. The number of aromatic nitrogens is 1. The molecule has 0 aliphatic heterocycles.